The Morgan fingerprint density at radius 3 is 2.68 bits per heavy atom. The molecule has 0 aliphatic heterocycles. The molecule has 0 bridgehead atoms. The molecule has 0 saturated heterocycles. The maximum atomic E-state index is 12.7. The second kappa shape index (κ2) is 6.64. The summed E-state index contributed by atoms with van der Waals surface area (Å²) in [6, 6.07) is 9.99. The fraction of sp³-hybridized carbons (Fsp3) is 0.500. The Labute approximate surface area is 148 Å². The number of amides is 1. The highest BCUT2D eigenvalue weighted by atomic mass is 16.3. The number of hydrogen-bond acceptors (Lipinski definition) is 3. The average molecular weight is 339 g/mol. The molecule has 5 nitrogen and oxygen atoms in total. The summed E-state index contributed by atoms with van der Waals surface area (Å²) in [5.74, 6) is 2.13. The number of aryl methyl sites for hydroxylation is 1. The van der Waals surface area contributed by atoms with Crippen LogP contribution in [-0.2, 0) is 11.3 Å². The van der Waals surface area contributed by atoms with E-state index < -0.39 is 0 Å². The largest absolute Gasteiger partial charge is 0.394 e. The summed E-state index contributed by atoms with van der Waals surface area (Å²) in [7, 11) is 0. The number of nitrogens with zero attached hydrogens (tertiary/aromatic N) is 2. The van der Waals surface area contributed by atoms with Gasteiger partial charge in [0, 0.05) is 17.5 Å². The third-order valence-corrected chi connectivity index (χ3v) is 5.72. The number of benzene rings is 1. The molecular formula is C20H25N3O2. The normalized spacial score (nSPS) is 24.6. The number of rotatable bonds is 5. The maximum Gasteiger partial charge on any atom is 0.229 e. The molecule has 0 radical (unpaired) electrons. The molecule has 1 aromatic heterocycles. The Morgan fingerprint density at radius 1 is 1.28 bits per heavy atom. The van der Waals surface area contributed by atoms with Crippen LogP contribution in [0.3, 0.4) is 0 Å². The third kappa shape index (κ3) is 3.09. The van der Waals surface area contributed by atoms with Gasteiger partial charge in [-0.25, -0.2) is 4.68 Å². The molecular weight excluding hydrogens is 314 g/mol. The van der Waals surface area contributed by atoms with Crippen LogP contribution in [0.5, 0.6) is 0 Å². The first-order valence-corrected chi connectivity index (χ1v) is 9.24. The number of nitrogens with one attached hydrogen (secondary N) is 1. The third-order valence-electron chi connectivity index (χ3n) is 5.72. The summed E-state index contributed by atoms with van der Waals surface area (Å²) in [4.78, 5) is 12.7. The van der Waals surface area contributed by atoms with E-state index in [1.165, 1.54) is 25.7 Å². The highest BCUT2D eigenvalue weighted by Crippen LogP contribution is 2.55. The molecule has 2 N–H and O–H groups in total. The van der Waals surface area contributed by atoms with Gasteiger partial charge in [0.05, 0.1) is 18.8 Å². The van der Waals surface area contributed by atoms with Gasteiger partial charge in [0.2, 0.25) is 5.91 Å². The number of aliphatic hydroxyl groups is 1. The Morgan fingerprint density at radius 2 is 2.00 bits per heavy atom. The first-order valence-electron chi connectivity index (χ1n) is 9.24. The summed E-state index contributed by atoms with van der Waals surface area (Å²) in [5.41, 5.74) is 3.02. The molecule has 2 aliphatic carbocycles. The number of carbonyl (C=O) groups is 1. The predicted octanol–water partition coefficient (Wildman–Crippen LogP) is 3.23. The summed E-state index contributed by atoms with van der Waals surface area (Å²) in [6.45, 7) is 2.42. The Balaban J connectivity index is 1.56. The minimum atomic E-state index is -0.00750. The number of aliphatic hydroxyl groups excluding tert-OH is 1. The van der Waals surface area contributed by atoms with Crippen molar-refractivity contribution in [2.45, 2.75) is 39.2 Å². The molecule has 0 spiro atoms. The zero-order chi connectivity index (χ0) is 17.4. The number of carbonyl (C=O) groups excluding carboxylic acids is 1. The molecule has 2 aliphatic rings. The lowest BCUT2D eigenvalue weighted by Crippen LogP contribution is -2.19. The van der Waals surface area contributed by atoms with Gasteiger partial charge in [-0.1, -0.05) is 37.1 Å². The fourth-order valence-electron chi connectivity index (χ4n) is 4.37. The van der Waals surface area contributed by atoms with Gasteiger partial charge in [-0.2, -0.15) is 5.10 Å². The van der Waals surface area contributed by atoms with Gasteiger partial charge in [-0.3, -0.25) is 4.79 Å². The smallest absolute Gasteiger partial charge is 0.229 e. The predicted molar refractivity (Wildman–Crippen MR) is 97.1 cm³/mol. The van der Waals surface area contributed by atoms with Crippen molar-refractivity contribution < 1.29 is 9.90 Å². The van der Waals surface area contributed by atoms with E-state index >= 15 is 0 Å². The van der Waals surface area contributed by atoms with Crippen LogP contribution in [0.25, 0.3) is 11.3 Å². The van der Waals surface area contributed by atoms with E-state index in [1.54, 1.807) is 4.68 Å². The SMILES string of the molecule is Cc1ccccc1-c1cc(NC(=O)C2C3CCCCC32)n(CCO)n1. The topological polar surface area (TPSA) is 67.2 Å². The monoisotopic (exact) mass is 339 g/mol. The molecule has 1 amide bonds. The highest BCUT2D eigenvalue weighted by molar-refractivity contribution is 5.94. The van der Waals surface area contributed by atoms with Crippen molar-refractivity contribution in [3.63, 3.8) is 0 Å². The van der Waals surface area contributed by atoms with Crippen LogP contribution >= 0.6 is 0 Å². The van der Waals surface area contributed by atoms with Gasteiger partial charge in [-0.15, -0.1) is 0 Å². The molecule has 1 aromatic carbocycles. The fourth-order valence-corrected chi connectivity index (χ4v) is 4.37. The Bertz CT molecular complexity index is 771. The van der Waals surface area contributed by atoms with Gasteiger partial charge < -0.3 is 10.4 Å². The molecule has 2 saturated carbocycles. The van der Waals surface area contributed by atoms with Crippen molar-refractivity contribution >= 4 is 11.7 Å². The van der Waals surface area contributed by atoms with E-state index in [0.29, 0.717) is 24.2 Å². The van der Waals surface area contributed by atoms with Crippen LogP contribution in [0.1, 0.15) is 31.2 Å². The van der Waals surface area contributed by atoms with Crippen LogP contribution in [-0.4, -0.2) is 27.4 Å². The zero-order valence-electron chi connectivity index (χ0n) is 14.6. The minimum absolute atomic E-state index is 0.00750. The van der Waals surface area contributed by atoms with Crippen molar-refractivity contribution in [3.05, 3.63) is 35.9 Å². The maximum absolute atomic E-state index is 12.7. The standard InChI is InChI=1S/C20H25N3O2/c1-13-6-2-3-7-14(13)17-12-18(23(22-17)10-11-24)21-20(25)19-15-8-4-5-9-16(15)19/h2-3,6-7,12,15-16,19,24H,4-5,8-11H2,1H3,(H,21,25). The van der Waals surface area contributed by atoms with Crippen molar-refractivity contribution in [1.29, 1.82) is 0 Å². The van der Waals surface area contributed by atoms with Gasteiger partial charge in [-0.05, 0) is 37.2 Å². The van der Waals surface area contributed by atoms with Crippen LogP contribution in [0, 0.1) is 24.7 Å². The number of anilines is 1. The Hall–Kier alpha value is -2.14. The lowest BCUT2D eigenvalue weighted by Gasteiger charge is -2.07. The van der Waals surface area contributed by atoms with Gasteiger partial charge in [0.15, 0.2) is 0 Å². The molecule has 2 atom stereocenters. The second-order valence-electron chi connectivity index (χ2n) is 7.30. The first-order chi connectivity index (χ1) is 12.2. The van der Waals surface area contributed by atoms with Gasteiger partial charge >= 0.3 is 0 Å². The van der Waals surface area contributed by atoms with E-state index in [0.717, 1.165) is 16.8 Å². The van der Waals surface area contributed by atoms with Crippen molar-refractivity contribution in [2.75, 3.05) is 11.9 Å². The van der Waals surface area contributed by atoms with E-state index in [9.17, 15) is 9.90 Å². The Kier molecular flexibility index (Phi) is 4.34. The molecule has 132 valence electrons. The van der Waals surface area contributed by atoms with Crippen molar-refractivity contribution in [3.8, 4) is 11.3 Å². The molecule has 5 heteroatoms. The molecule has 4 rings (SSSR count). The van der Waals surface area contributed by atoms with E-state index in [2.05, 4.69) is 10.4 Å². The number of fused-ring (bicyclic) bond motifs is 1. The van der Waals surface area contributed by atoms with Crippen LogP contribution in [0.4, 0.5) is 5.82 Å². The van der Waals surface area contributed by atoms with Crippen molar-refractivity contribution in [2.24, 2.45) is 17.8 Å². The number of hydrogen-bond donors (Lipinski definition) is 2. The average Bonchev–Trinajstić information content (AvgIpc) is 3.23. The highest BCUT2D eigenvalue weighted by Gasteiger charge is 2.54. The van der Waals surface area contributed by atoms with E-state index in [4.69, 9.17) is 0 Å². The van der Waals surface area contributed by atoms with Gasteiger partial charge in [0.25, 0.3) is 0 Å². The summed E-state index contributed by atoms with van der Waals surface area (Å²) < 4.78 is 1.70. The zero-order valence-corrected chi connectivity index (χ0v) is 14.6. The molecule has 2 aromatic rings. The summed E-state index contributed by atoms with van der Waals surface area (Å²) in [6.07, 6.45) is 4.88. The molecule has 25 heavy (non-hydrogen) atoms. The van der Waals surface area contributed by atoms with Crippen LogP contribution < -0.4 is 5.32 Å². The number of aromatic nitrogens is 2. The van der Waals surface area contributed by atoms with E-state index in [-0.39, 0.29) is 18.4 Å². The minimum Gasteiger partial charge on any atom is -0.394 e. The summed E-state index contributed by atoms with van der Waals surface area (Å²) in [5, 5.41) is 17.0. The van der Waals surface area contributed by atoms with E-state index in [1.807, 2.05) is 37.3 Å². The van der Waals surface area contributed by atoms with Gasteiger partial charge in [0.1, 0.15) is 5.82 Å². The molecule has 2 fully saturated rings. The quantitative estimate of drug-likeness (QED) is 0.879. The lowest BCUT2D eigenvalue weighted by atomic mass is 10.0. The molecule has 2 unspecified atom stereocenters. The first kappa shape index (κ1) is 16.3. The molecule has 1 heterocycles. The summed E-state index contributed by atoms with van der Waals surface area (Å²) >= 11 is 0. The lowest BCUT2D eigenvalue weighted by molar-refractivity contribution is -0.117. The van der Waals surface area contributed by atoms with Crippen molar-refractivity contribution in [1.82, 2.24) is 9.78 Å². The van der Waals surface area contributed by atoms with Crippen LogP contribution in [0.2, 0.25) is 0 Å². The second-order valence-corrected chi connectivity index (χ2v) is 7.30. The van der Waals surface area contributed by atoms with Crippen LogP contribution in [0.15, 0.2) is 30.3 Å².